The first-order valence-electron chi connectivity index (χ1n) is 10.8. The molecule has 1 amide bonds. The van der Waals surface area contributed by atoms with Crippen molar-refractivity contribution in [3.63, 3.8) is 0 Å². The Bertz CT molecular complexity index is 1380. The lowest BCUT2D eigenvalue weighted by Crippen LogP contribution is -2.47. The van der Waals surface area contributed by atoms with Gasteiger partial charge in [0, 0.05) is 16.1 Å². The van der Waals surface area contributed by atoms with Crippen LogP contribution in [0.4, 0.5) is 5.69 Å². The molecule has 0 saturated heterocycles. The van der Waals surface area contributed by atoms with E-state index in [1.165, 1.54) is 0 Å². The maximum atomic E-state index is 13.8. The van der Waals surface area contributed by atoms with Crippen molar-refractivity contribution < 1.29 is 14.7 Å². The summed E-state index contributed by atoms with van der Waals surface area (Å²) in [6.45, 7) is 1.90. The number of amides is 1. The molecule has 1 N–H and O–H groups in total. The van der Waals surface area contributed by atoms with Crippen LogP contribution in [0, 0.1) is 5.92 Å². The molecule has 0 unspecified atom stereocenters. The molecule has 0 spiro atoms. The second-order valence-electron chi connectivity index (χ2n) is 8.41. The lowest BCUT2D eigenvalue weighted by atomic mass is 9.79. The number of rotatable bonds is 5. The molecule has 0 bridgehead atoms. The van der Waals surface area contributed by atoms with Gasteiger partial charge in [-0.05, 0) is 46.7 Å². The van der Waals surface area contributed by atoms with Gasteiger partial charge in [0.05, 0.1) is 18.2 Å². The van der Waals surface area contributed by atoms with Crippen molar-refractivity contribution in [3.05, 3.63) is 113 Å². The first kappa shape index (κ1) is 21.4. The number of hydrogen-bond donors (Lipinski definition) is 1. The lowest BCUT2D eigenvalue weighted by molar-refractivity contribution is -0.139. The second kappa shape index (κ2) is 8.14. The highest BCUT2D eigenvalue weighted by Gasteiger charge is 2.55. The Hall–Kier alpha value is -3.47. The van der Waals surface area contributed by atoms with Gasteiger partial charge in [-0.3, -0.25) is 9.59 Å². The van der Waals surface area contributed by atoms with E-state index in [1.807, 2.05) is 54.6 Å². The van der Waals surface area contributed by atoms with Crippen molar-refractivity contribution in [1.82, 2.24) is 0 Å². The summed E-state index contributed by atoms with van der Waals surface area (Å²) in [5, 5.41) is 14.4. The smallest absolute Gasteiger partial charge is 0.264 e. The molecule has 1 heterocycles. The number of fused-ring (bicyclic) bond motifs is 2. The van der Waals surface area contributed by atoms with E-state index in [1.54, 1.807) is 48.2 Å². The van der Waals surface area contributed by atoms with E-state index < -0.39 is 17.4 Å². The second-order valence-corrected chi connectivity index (χ2v) is 8.84. The molecule has 164 valence electrons. The largest absolute Gasteiger partial charge is 0.375 e. The van der Waals surface area contributed by atoms with Crippen LogP contribution < -0.4 is 4.90 Å². The minimum Gasteiger partial charge on any atom is -0.375 e. The highest BCUT2D eigenvalue weighted by atomic mass is 35.5. The molecule has 5 heteroatoms. The fourth-order valence-electron chi connectivity index (χ4n) is 4.69. The van der Waals surface area contributed by atoms with Crippen LogP contribution in [0.15, 0.2) is 91.0 Å². The molecule has 0 radical (unpaired) electrons. The monoisotopic (exact) mass is 455 g/mol. The average Bonchev–Trinajstić information content (AvgIpc) is 3.06. The van der Waals surface area contributed by atoms with Crippen LogP contribution in [0.5, 0.6) is 0 Å². The predicted molar refractivity (Wildman–Crippen MR) is 130 cm³/mol. The third-order valence-corrected chi connectivity index (χ3v) is 6.79. The SMILES string of the molecule is C[C@H](C(=O)c1ccc(Cl)cc1)[C@@]1(O)C(=O)N(Cc2cccc3ccccc23)c2ccccc21. The van der Waals surface area contributed by atoms with E-state index in [2.05, 4.69) is 0 Å². The third kappa shape index (κ3) is 3.43. The molecule has 0 aliphatic carbocycles. The van der Waals surface area contributed by atoms with Gasteiger partial charge >= 0.3 is 0 Å². The van der Waals surface area contributed by atoms with E-state index in [0.29, 0.717) is 28.4 Å². The molecule has 1 aliphatic rings. The van der Waals surface area contributed by atoms with Crippen LogP contribution in [0.1, 0.15) is 28.4 Å². The normalized spacial score (nSPS) is 18.4. The van der Waals surface area contributed by atoms with E-state index in [4.69, 9.17) is 11.6 Å². The van der Waals surface area contributed by atoms with E-state index in [0.717, 1.165) is 16.3 Å². The van der Waals surface area contributed by atoms with Gasteiger partial charge in [-0.25, -0.2) is 0 Å². The highest BCUT2D eigenvalue weighted by Crippen LogP contribution is 2.46. The van der Waals surface area contributed by atoms with Gasteiger partial charge in [0.25, 0.3) is 5.91 Å². The fourth-order valence-corrected chi connectivity index (χ4v) is 4.82. The molecule has 4 nitrogen and oxygen atoms in total. The van der Waals surface area contributed by atoms with Crippen molar-refractivity contribution >= 4 is 39.8 Å². The Kier molecular flexibility index (Phi) is 5.28. The number of benzene rings is 4. The van der Waals surface area contributed by atoms with Gasteiger partial charge in [0.2, 0.25) is 0 Å². The number of para-hydroxylation sites is 1. The average molecular weight is 456 g/mol. The van der Waals surface area contributed by atoms with Crippen LogP contribution in [-0.4, -0.2) is 16.8 Å². The topological polar surface area (TPSA) is 57.6 Å². The van der Waals surface area contributed by atoms with Gasteiger partial charge in [-0.1, -0.05) is 79.2 Å². The molecule has 4 aromatic carbocycles. The number of carbonyl (C=O) groups excluding carboxylic acids is 2. The summed E-state index contributed by atoms with van der Waals surface area (Å²) in [6, 6.07) is 27.6. The Balaban J connectivity index is 1.55. The first-order chi connectivity index (χ1) is 15.9. The number of anilines is 1. The summed E-state index contributed by atoms with van der Waals surface area (Å²) in [5.74, 6) is -1.79. The summed E-state index contributed by atoms with van der Waals surface area (Å²) >= 11 is 5.96. The third-order valence-electron chi connectivity index (χ3n) is 6.53. The van der Waals surface area contributed by atoms with Gasteiger partial charge < -0.3 is 10.0 Å². The summed E-state index contributed by atoms with van der Waals surface area (Å²) in [7, 11) is 0. The van der Waals surface area contributed by atoms with Crippen molar-refractivity contribution in [2.75, 3.05) is 4.90 Å². The molecular formula is C28H22ClNO3. The van der Waals surface area contributed by atoms with Gasteiger partial charge in [-0.2, -0.15) is 0 Å². The van der Waals surface area contributed by atoms with Crippen molar-refractivity contribution in [2.24, 2.45) is 5.92 Å². The maximum Gasteiger partial charge on any atom is 0.264 e. The Morgan fingerprint density at radius 3 is 2.39 bits per heavy atom. The summed E-state index contributed by atoms with van der Waals surface area (Å²) in [4.78, 5) is 28.6. The van der Waals surface area contributed by atoms with Crippen molar-refractivity contribution in [1.29, 1.82) is 0 Å². The minimum absolute atomic E-state index is 0.293. The molecule has 0 aromatic heterocycles. The molecule has 2 atom stereocenters. The minimum atomic E-state index is -1.96. The number of Topliss-reactive ketones (excluding diaryl/α,β-unsaturated/α-hetero) is 1. The van der Waals surface area contributed by atoms with Crippen molar-refractivity contribution in [3.8, 4) is 0 Å². The Morgan fingerprint density at radius 1 is 0.939 bits per heavy atom. The van der Waals surface area contributed by atoms with Gasteiger partial charge in [0.1, 0.15) is 0 Å². The van der Waals surface area contributed by atoms with Gasteiger partial charge in [0.15, 0.2) is 11.4 Å². The number of nitrogens with zero attached hydrogens (tertiary/aromatic N) is 1. The zero-order chi connectivity index (χ0) is 23.2. The molecule has 0 saturated carbocycles. The number of hydrogen-bond acceptors (Lipinski definition) is 3. The molecule has 5 rings (SSSR count). The zero-order valence-electron chi connectivity index (χ0n) is 18.0. The maximum absolute atomic E-state index is 13.8. The zero-order valence-corrected chi connectivity index (χ0v) is 18.8. The lowest BCUT2D eigenvalue weighted by Gasteiger charge is -2.28. The van der Waals surface area contributed by atoms with E-state index >= 15 is 0 Å². The molecule has 33 heavy (non-hydrogen) atoms. The summed E-state index contributed by atoms with van der Waals surface area (Å²) in [6.07, 6.45) is 0. The summed E-state index contributed by atoms with van der Waals surface area (Å²) < 4.78 is 0. The van der Waals surface area contributed by atoms with Crippen LogP contribution >= 0.6 is 11.6 Å². The first-order valence-corrected chi connectivity index (χ1v) is 11.2. The Morgan fingerprint density at radius 2 is 1.61 bits per heavy atom. The number of ketones is 1. The highest BCUT2D eigenvalue weighted by molar-refractivity contribution is 6.30. The molecule has 4 aromatic rings. The van der Waals surface area contributed by atoms with Crippen molar-refractivity contribution in [2.45, 2.75) is 19.1 Å². The van der Waals surface area contributed by atoms with Crippen LogP contribution in [0.25, 0.3) is 10.8 Å². The summed E-state index contributed by atoms with van der Waals surface area (Å²) in [5.41, 5.74) is 0.479. The molecule has 1 aliphatic heterocycles. The standard InChI is InChI=1S/C28H22ClNO3/c1-18(26(31)20-13-15-22(29)16-14-20)28(33)24-11-4-5-12-25(24)30(27(28)32)17-21-9-6-8-19-7-2-3-10-23(19)21/h2-16,18,33H,17H2,1H3/t18-,28+/m1/s1. The van der Waals surface area contributed by atoms with Crippen LogP contribution in [0.3, 0.4) is 0 Å². The molecule has 0 fully saturated rings. The van der Waals surface area contributed by atoms with E-state index in [9.17, 15) is 14.7 Å². The molecular weight excluding hydrogens is 434 g/mol. The predicted octanol–water partition coefficient (Wildman–Crippen LogP) is 5.75. The number of halogens is 1. The van der Waals surface area contributed by atoms with Crippen LogP contribution in [-0.2, 0) is 16.9 Å². The van der Waals surface area contributed by atoms with Crippen LogP contribution in [0.2, 0.25) is 5.02 Å². The number of aliphatic hydroxyl groups is 1. The number of carbonyl (C=O) groups is 2. The van der Waals surface area contributed by atoms with E-state index in [-0.39, 0.29) is 5.78 Å². The fraction of sp³-hybridized carbons (Fsp3) is 0.143. The Labute approximate surface area is 197 Å². The quantitative estimate of drug-likeness (QED) is 0.390. The van der Waals surface area contributed by atoms with Gasteiger partial charge in [-0.15, -0.1) is 0 Å².